The number of aliphatic hydroxyl groups excluding tert-OH is 1. The minimum Gasteiger partial charge on any atom is -0.496 e. The molecule has 0 aromatic heterocycles. The first-order chi connectivity index (χ1) is 7.54. The molecule has 1 rings (SSSR count). The van der Waals surface area contributed by atoms with Crippen molar-refractivity contribution in [3.63, 3.8) is 0 Å². The smallest absolute Gasteiger partial charge is 0.303 e. The third kappa shape index (κ3) is 3.50. The maximum Gasteiger partial charge on any atom is 0.303 e. The summed E-state index contributed by atoms with van der Waals surface area (Å²) in [4.78, 5) is 10.4. The Labute approximate surface area is 102 Å². The van der Waals surface area contributed by atoms with Crippen molar-refractivity contribution in [3.8, 4) is 5.75 Å². The van der Waals surface area contributed by atoms with E-state index in [1.54, 1.807) is 25.3 Å². The van der Waals surface area contributed by atoms with Gasteiger partial charge in [-0.25, -0.2) is 0 Å². The Kier molecular flexibility index (Phi) is 4.76. The first kappa shape index (κ1) is 13.0. The van der Waals surface area contributed by atoms with Crippen LogP contribution in [-0.2, 0) is 4.79 Å². The molecule has 0 bridgehead atoms. The van der Waals surface area contributed by atoms with E-state index in [1.165, 1.54) is 0 Å². The van der Waals surface area contributed by atoms with E-state index < -0.39 is 12.1 Å². The van der Waals surface area contributed by atoms with Crippen molar-refractivity contribution in [3.05, 3.63) is 28.2 Å². The lowest BCUT2D eigenvalue weighted by Gasteiger charge is -2.11. The average Bonchev–Trinajstić information content (AvgIpc) is 2.25. The van der Waals surface area contributed by atoms with Crippen LogP contribution >= 0.6 is 15.9 Å². The Bertz CT molecular complexity index is 378. The normalized spacial score (nSPS) is 12.2. The van der Waals surface area contributed by atoms with Crippen LogP contribution in [0, 0.1) is 0 Å². The molecule has 0 radical (unpaired) electrons. The summed E-state index contributed by atoms with van der Waals surface area (Å²) in [7, 11) is 1.56. The lowest BCUT2D eigenvalue weighted by molar-refractivity contribution is -0.137. The SMILES string of the molecule is COc1ccc(C(O)CCC(=O)O)cc1Br. The van der Waals surface area contributed by atoms with Gasteiger partial charge in [0.05, 0.1) is 17.7 Å². The highest BCUT2D eigenvalue weighted by molar-refractivity contribution is 9.10. The van der Waals surface area contributed by atoms with Gasteiger partial charge in [0.1, 0.15) is 5.75 Å². The third-order valence-electron chi connectivity index (χ3n) is 2.19. The first-order valence-electron chi connectivity index (χ1n) is 4.78. The molecule has 0 amide bonds. The van der Waals surface area contributed by atoms with E-state index in [1.807, 2.05) is 0 Å². The van der Waals surface area contributed by atoms with Gasteiger partial charge in [0.2, 0.25) is 0 Å². The van der Waals surface area contributed by atoms with E-state index in [9.17, 15) is 9.90 Å². The number of ether oxygens (including phenoxy) is 1. The molecule has 5 heteroatoms. The van der Waals surface area contributed by atoms with E-state index in [0.717, 1.165) is 4.47 Å². The quantitative estimate of drug-likeness (QED) is 0.873. The molecule has 1 unspecified atom stereocenters. The first-order valence-corrected chi connectivity index (χ1v) is 5.57. The highest BCUT2D eigenvalue weighted by atomic mass is 79.9. The van der Waals surface area contributed by atoms with Crippen molar-refractivity contribution in [1.82, 2.24) is 0 Å². The van der Waals surface area contributed by atoms with E-state index in [2.05, 4.69) is 15.9 Å². The van der Waals surface area contributed by atoms with Gasteiger partial charge in [-0.15, -0.1) is 0 Å². The predicted octanol–water partition coefficient (Wildman–Crippen LogP) is 2.36. The average molecular weight is 289 g/mol. The maximum absolute atomic E-state index is 10.4. The van der Waals surface area contributed by atoms with Gasteiger partial charge in [-0.1, -0.05) is 6.07 Å². The molecule has 1 atom stereocenters. The predicted molar refractivity (Wildman–Crippen MR) is 62.5 cm³/mol. The molecule has 0 heterocycles. The van der Waals surface area contributed by atoms with Crippen LogP contribution in [0.4, 0.5) is 0 Å². The molecular formula is C11H13BrO4. The fraction of sp³-hybridized carbons (Fsp3) is 0.364. The summed E-state index contributed by atoms with van der Waals surface area (Å²) in [6, 6.07) is 5.17. The zero-order valence-corrected chi connectivity index (χ0v) is 10.4. The molecule has 88 valence electrons. The number of hydrogen-bond acceptors (Lipinski definition) is 3. The van der Waals surface area contributed by atoms with Crippen molar-refractivity contribution in [2.24, 2.45) is 0 Å². The monoisotopic (exact) mass is 288 g/mol. The fourth-order valence-electron chi connectivity index (χ4n) is 1.32. The fourth-order valence-corrected chi connectivity index (χ4v) is 1.88. The summed E-state index contributed by atoms with van der Waals surface area (Å²) in [6.45, 7) is 0. The molecule has 1 aromatic carbocycles. The zero-order chi connectivity index (χ0) is 12.1. The minimum absolute atomic E-state index is 0.0508. The topological polar surface area (TPSA) is 66.8 Å². The van der Waals surface area contributed by atoms with Crippen molar-refractivity contribution >= 4 is 21.9 Å². The Hall–Kier alpha value is -1.07. The summed E-state index contributed by atoms with van der Waals surface area (Å²) in [5, 5.41) is 18.2. The van der Waals surface area contributed by atoms with E-state index in [4.69, 9.17) is 9.84 Å². The summed E-state index contributed by atoms with van der Waals surface area (Å²) in [5.41, 5.74) is 0.675. The maximum atomic E-state index is 10.4. The minimum atomic E-state index is -0.911. The molecule has 0 spiro atoms. The lowest BCUT2D eigenvalue weighted by Crippen LogP contribution is -2.02. The molecule has 16 heavy (non-hydrogen) atoms. The van der Waals surface area contributed by atoms with Crippen molar-refractivity contribution in [2.45, 2.75) is 18.9 Å². The van der Waals surface area contributed by atoms with Crippen LogP contribution in [0.3, 0.4) is 0 Å². The number of carboxylic acid groups (broad SMARTS) is 1. The molecular weight excluding hydrogens is 276 g/mol. The number of carbonyl (C=O) groups is 1. The number of methoxy groups -OCH3 is 1. The molecule has 4 nitrogen and oxygen atoms in total. The van der Waals surface area contributed by atoms with Gasteiger partial charge in [0.15, 0.2) is 0 Å². The van der Waals surface area contributed by atoms with Crippen molar-refractivity contribution in [1.29, 1.82) is 0 Å². The van der Waals surface area contributed by atoms with Gasteiger partial charge in [-0.2, -0.15) is 0 Å². The molecule has 0 saturated heterocycles. The number of benzene rings is 1. The van der Waals surface area contributed by atoms with E-state index >= 15 is 0 Å². The third-order valence-corrected chi connectivity index (χ3v) is 2.81. The van der Waals surface area contributed by atoms with Crippen LogP contribution < -0.4 is 4.74 Å². The standard InChI is InChI=1S/C11H13BrO4/c1-16-10-4-2-7(6-8(10)12)9(13)3-5-11(14)15/h2,4,6,9,13H,3,5H2,1H3,(H,14,15). The van der Waals surface area contributed by atoms with Gasteiger partial charge < -0.3 is 14.9 Å². The van der Waals surface area contributed by atoms with E-state index in [0.29, 0.717) is 11.3 Å². The molecule has 0 saturated carbocycles. The molecule has 0 aliphatic heterocycles. The van der Waals surface area contributed by atoms with E-state index in [-0.39, 0.29) is 12.8 Å². The van der Waals surface area contributed by atoms with Crippen LogP contribution in [0.25, 0.3) is 0 Å². The van der Waals surface area contributed by atoms with Gasteiger partial charge in [-0.05, 0) is 40.0 Å². The number of carboxylic acids is 1. The van der Waals surface area contributed by atoms with Crippen LogP contribution in [0.15, 0.2) is 22.7 Å². The van der Waals surface area contributed by atoms with Crippen LogP contribution in [0.5, 0.6) is 5.75 Å². The largest absolute Gasteiger partial charge is 0.496 e. The molecule has 2 N–H and O–H groups in total. The lowest BCUT2D eigenvalue weighted by atomic mass is 10.1. The number of halogens is 1. The Morgan fingerprint density at radius 1 is 1.56 bits per heavy atom. The van der Waals surface area contributed by atoms with Crippen molar-refractivity contribution < 1.29 is 19.7 Å². The van der Waals surface area contributed by atoms with Gasteiger partial charge in [0, 0.05) is 6.42 Å². The number of hydrogen-bond donors (Lipinski definition) is 2. The highest BCUT2D eigenvalue weighted by Crippen LogP contribution is 2.29. The molecule has 1 aromatic rings. The summed E-state index contributed by atoms with van der Waals surface area (Å²) in [5.74, 6) is -0.235. The Balaban J connectivity index is 2.72. The number of rotatable bonds is 5. The van der Waals surface area contributed by atoms with Crippen LogP contribution in [-0.4, -0.2) is 23.3 Å². The van der Waals surface area contributed by atoms with Crippen molar-refractivity contribution in [2.75, 3.05) is 7.11 Å². The summed E-state index contributed by atoms with van der Waals surface area (Å²) in [6.07, 6.45) is -0.614. The van der Waals surface area contributed by atoms with Gasteiger partial charge in [0.25, 0.3) is 0 Å². The second-order valence-electron chi connectivity index (χ2n) is 3.34. The zero-order valence-electron chi connectivity index (χ0n) is 8.81. The molecule has 0 aliphatic carbocycles. The van der Waals surface area contributed by atoms with Crippen LogP contribution in [0.2, 0.25) is 0 Å². The number of aliphatic carboxylic acids is 1. The summed E-state index contributed by atoms with van der Waals surface area (Å²) < 4.78 is 5.79. The Morgan fingerprint density at radius 2 is 2.25 bits per heavy atom. The molecule has 0 fully saturated rings. The van der Waals surface area contributed by atoms with Gasteiger partial charge in [-0.3, -0.25) is 4.79 Å². The highest BCUT2D eigenvalue weighted by Gasteiger charge is 2.11. The second kappa shape index (κ2) is 5.86. The molecule has 0 aliphatic rings. The second-order valence-corrected chi connectivity index (χ2v) is 4.20. The van der Waals surface area contributed by atoms with Crippen LogP contribution in [0.1, 0.15) is 24.5 Å². The summed E-state index contributed by atoms with van der Waals surface area (Å²) >= 11 is 3.30. The van der Waals surface area contributed by atoms with Gasteiger partial charge >= 0.3 is 5.97 Å². The Morgan fingerprint density at radius 3 is 2.75 bits per heavy atom. The number of aliphatic hydroxyl groups is 1.